The van der Waals surface area contributed by atoms with E-state index in [-0.39, 0.29) is 36.4 Å². The van der Waals surface area contributed by atoms with E-state index in [2.05, 4.69) is 0 Å². The summed E-state index contributed by atoms with van der Waals surface area (Å²) in [4.78, 5) is 26.1. The number of ether oxygens (including phenoxy) is 1. The van der Waals surface area contributed by atoms with Gasteiger partial charge in [-0.1, -0.05) is 0 Å². The Hall–Kier alpha value is -1.10. The van der Waals surface area contributed by atoms with Crippen LogP contribution in [0, 0.1) is 17.8 Å². The average molecular weight is 282 g/mol. The first kappa shape index (κ1) is 15.3. The molecule has 0 heterocycles. The highest BCUT2D eigenvalue weighted by molar-refractivity contribution is 5.85. The van der Waals surface area contributed by atoms with Gasteiger partial charge >= 0.3 is 5.97 Å². The molecular formula is C15H26N2O3. The van der Waals surface area contributed by atoms with Crippen molar-refractivity contribution in [3.63, 3.8) is 0 Å². The van der Waals surface area contributed by atoms with Crippen LogP contribution in [-0.4, -0.2) is 42.0 Å². The van der Waals surface area contributed by atoms with E-state index in [1.54, 1.807) is 11.8 Å². The topological polar surface area (TPSA) is 72.6 Å². The minimum atomic E-state index is -0.341. The van der Waals surface area contributed by atoms with Gasteiger partial charge in [0.2, 0.25) is 5.91 Å². The molecule has 5 nitrogen and oxygen atoms in total. The molecule has 4 unspecified atom stereocenters. The molecule has 5 heteroatoms. The Morgan fingerprint density at radius 2 is 1.95 bits per heavy atom. The molecule has 0 spiro atoms. The molecule has 2 aliphatic carbocycles. The zero-order chi connectivity index (χ0) is 14.9. The Balaban J connectivity index is 2.05. The Labute approximate surface area is 120 Å². The summed E-state index contributed by atoms with van der Waals surface area (Å²) in [6, 6.07) is -0.0528. The van der Waals surface area contributed by atoms with Crippen molar-refractivity contribution in [2.75, 3.05) is 13.2 Å². The largest absolute Gasteiger partial charge is 0.465 e. The predicted molar refractivity (Wildman–Crippen MR) is 75.8 cm³/mol. The lowest BCUT2D eigenvalue weighted by Gasteiger charge is -2.34. The van der Waals surface area contributed by atoms with Gasteiger partial charge < -0.3 is 15.4 Å². The molecule has 0 aromatic rings. The van der Waals surface area contributed by atoms with Gasteiger partial charge in [-0.05, 0) is 51.9 Å². The Kier molecular flexibility index (Phi) is 4.68. The quantitative estimate of drug-likeness (QED) is 0.768. The molecule has 0 radical (unpaired) electrons. The average Bonchev–Trinajstić information content (AvgIpc) is 2.96. The van der Waals surface area contributed by atoms with Gasteiger partial charge in [-0.2, -0.15) is 0 Å². The van der Waals surface area contributed by atoms with Gasteiger partial charge in [0.25, 0.3) is 0 Å². The van der Waals surface area contributed by atoms with E-state index in [0.717, 1.165) is 19.3 Å². The zero-order valence-corrected chi connectivity index (χ0v) is 12.7. The van der Waals surface area contributed by atoms with E-state index in [4.69, 9.17) is 10.5 Å². The standard InChI is InChI=1S/C15H26N2O3/c1-4-20-12(18)8-17(9(2)3)15(19)13-10-5-6-11(7-10)14(13)16/h9-11,13-14H,4-8,16H2,1-3H3. The van der Waals surface area contributed by atoms with Crippen molar-refractivity contribution >= 4 is 11.9 Å². The Bertz CT molecular complexity index is 381. The third-order valence-corrected chi connectivity index (χ3v) is 4.78. The van der Waals surface area contributed by atoms with Crippen LogP contribution in [0.25, 0.3) is 0 Å². The molecule has 20 heavy (non-hydrogen) atoms. The number of amides is 1. The number of hydrogen-bond donors (Lipinski definition) is 1. The maximum atomic E-state index is 12.8. The lowest BCUT2D eigenvalue weighted by Crippen LogP contribution is -2.50. The molecular weight excluding hydrogens is 256 g/mol. The summed E-state index contributed by atoms with van der Waals surface area (Å²) in [5.74, 6) is 0.487. The second kappa shape index (κ2) is 6.12. The molecule has 0 saturated heterocycles. The zero-order valence-electron chi connectivity index (χ0n) is 12.7. The SMILES string of the molecule is CCOC(=O)CN(C(=O)C1C2CCC(C2)C1N)C(C)C. The predicted octanol–water partition coefficient (Wildman–Crippen LogP) is 1.16. The molecule has 2 saturated carbocycles. The van der Waals surface area contributed by atoms with Crippen LogP contribution in [0.3, 0.4) is 0 Å². The van der Waals surface area contributed by atoms with Crippen LogP contribution in [0.5, 0.6) is 0 Å². The lowest BCUT2D eigenvalue weighted by atomic mass is 9.83. The monoisotopic (exact) mass is 282 g/mol. The highest BCUT2D eigenvalue weighted by Crippen LogP contribution is 2.48. The van der Waals surface area contributed by atoms with Gasteiger partial charge in [0, 0.05) is 12.1 Å². The summed E-state index contributed by atoms with van der Waals surface area (Å²) in [6.07, 6.45) is 3.32. The molecule has 0 aromatic carbocycles. The maximum Gasteiger partial charge on any atom is 0.325 e. The van der Waals surface area contributed by atoms with Crippen molar-refractivity contribution in [2.45, 2.75) is 52.1 Å². The van der Waals surface area contributed by atoms with Gasteiger partial charge in [0.1, 0.15) is 6.54 Å². The van der Waals surface area contributed by atoms with E-state index in [1.165, 1.54) is 0 Å². The van der Waals surface area contributed by atoms with Crippen LogP contribution < -0.4 is 5.73 Å². The molecule has 0 aliphatic heterocycles. The van der Waals surface area contributed by atoms with Crippen LogP contribution in [0.1, 0.15) is 40.0 Å². The van der Waals surface area contributed by atoms with Crippen LogP contribution in [0.15, 0.2) is 0 Å². The normalized spacial score (nSPS) is 31.6. The van der Waals surface area contributed by atoms with Crippen LogP contribution in [0.2, 0.25) is 0 Å². The number of carbonyl (C=O) groups is 2. The van der Waals surface area contributed by atoms with Gasteiger partial charge in [0.05, 0.1) is 12.5 Å². The fourth-order valence-corrected chi connectivity index (χ4v) is 3.75. The fourth-order valence-electron chi connectivity index (χ4n) is 3.75. The summed E-state index contributed by atoms with van der Waals surface area (Å²) < 4.78 is 4.96. The number of nitrogens with zero attached hydrogens (tertiary/aromatic N) is 1. The van der Waals surface area contributed by atoms with E-state index >= 15 is 0 Å². The number of hydrogen-bond acceptors (Lipinski definition) is 4. The number of fused-ring (bicyclic) bond motifs is 2. The second-order valence-electron chi connectivity index (χ2n) is 6.30. The van der Waals surface area contributed by atoms with Gasteiger partial charge in [-0.15, -0.1) is 0 Å². The van der Waals surface area contributed by atoms with Crippen LogP contribution in [0.4, 0.5) is 0 Å². The van der Waals surface area contributed by atoms with Crippen LogP contribution in [-0.2, 0) is 14.3 Å². The molecule has 2 fully saturated rings. The van der Waals surface area contributed by atoms with Crippen molar-refractivity contribution in [2.24, 2.45) is 23.5 Å². The van der Waals surface area contributed by atoms with E-state index < -0.39 is 0 Å². The first-order valence-electron chi connectivity index (χ1n) is 7.67. The third-order valence-electron chi connectivity index (χ3n) is 4.78. The van der Waals surface area contributed by atoms with E-state index in [0.29, 0.717) is 18.4 Å². The Morgan fingerprint density at radius 3 is 2.45 bits per heavy atom. The van der Waals surface area contributed by atoms with Crippen molar-refractivity contribution in [3.8, 4) is 0 Å². The van der Waals surface area contributed by atoms with Crippen molar-refractivity contribution < 1.29 is 14.3 Å². The number of carbonyl (C=O) groups excluding carboxylic acids is 2. The first-order valence-corrected chi connectivity index (χ1v) is 7.67. The smallest absolute Gasteiger partial charge is 0.325 e. The lowest BCUT2D eigenvalue weighted by molar-refractivity contribution is -0.152. The highest BCUT2D eigenvalue weighted by Gasteiger charge is 2.50. The highest BCUT2D eigenvalue weighted by atomic mass is 16.5. The Morgan fingerprint density at radius 1 is 1.30 bits per heavy atom. The minimum Gasteiger partial charge on any atom is -0.465 e. The van der Waals surface area contributed by atoms with Crippen molar-refractivity contribution in [1.29, 1.82) is 0 Å². The van der Waals surface area contributed by atoms with Gasteiger partial charge in [-0.25, -0.2) is 0 Å². The number of rotatable bonds is 5. The third kappa shape index (κ3) is 2.82. The summed E-state index contributed by atoms with van der Waals surface area (Å²) in [7, 11) is 0. The van der Waals surface area contributed by atoms with Gasteiger partial charge in [0.15, 0.2) is 0 Å². The van der Waals surface area contributed by atoms with Crippen LogP contribution >= 0.6 is 0 Å². The molecule has 0 aromatic heterocycles. The first-order chi connectivity index (χ1) is 9.45. The molecule has 114 valence electrons. The molecule has 2 rings (SSSR count). The molecule has 2 bridgehead atoms. The van der Waals surface area contributed by atoms with E-state index in [9.17, 15) is 9.59 Å². The second-order valence-corrected chi connectivity index (χ2v) is 6.30. The maximum absolute atomic E-state index is 12.8. The summed E-state index contributed by atoms with van der Waals surface area (Å²) in [6.45, 7) is 5.99. The molecule has 4 atom stereocenters. The van der Waals surface area contributed by atoms with Gasteiger partial charge in [-0.3, -0.25) is 9.59 Å². The molecule has 2 N–H and O–H groups in total. The summed E-state index contributed by atoms with van der Waals surface area (Å²) in [5, 5.41) is 0. The fraction of sp³-hybridized carbons (Fsp3) is 0.867. The van der Waals surface area contributed by atoms with Crippen molar-refractivity contribution in [3.05, 3.63) is 0 Å². The number of nitrogens with two attached hydrogens (primary N) is 1. The van der Waals surface area contributed by atoms with E-state index in [1.807, 2.05) is 13.8 Å². The summed E-state index contributed by atoms with van der Waals surface area (Å²) in [5.41, 5.74) is 6.23. The minimum absolute atomic E-state index is 0.0155. The molecule has 1 amide bonds. The summed E-state index contributed by atoms with van der Waals surface area (Å²) >= 11 is 0. The molecule has 2 aliphatic rings. The van der Waals surface area contributed by atoms with Crippen molar-refractivity contribution in [1.82, 2.24) is 4.90 Å². The number of esters is 1.